The number of hydrogen-bond donors (Lipinski definition) is 0. The molecule has 8 aromatic carbocycles. The zero-order valence-electron chi connectivity index (χ0n) is 31.8. The van der Waals surface area contributed by atoms with Gasteiger partial charge in [-0.3, -0.25) is 9.80 Å². The van der Waals surface area contributed by atoms with Crippen LogP contribution in [0.1, 0.15) is 0 Å². The highest BCUT2D eigenvalue weighted by Crippen LogP contribution is 2.53. The molecule has 0 saturated carbocycles. The molecule has 2 aliphatic heterocycles. The Kier molecular flexibility index (Phi) is 8.95. The van der Waals surface area contributed by atoms with Crippen LogP contribution in [0.3, 0.4) is 0 Å². The molecule has 0 fully saturated rings. The molecule has 0 bridgehead atoms. The summed E-state index contributed by atoms with van der Waals surface area (Å²) in [6, 6.07) is 76.1. The van der Waals surface area contributed by atoms with Crippen molar-refractivity contribution in [1.29, 1.82) is 0 Å². The zero-order valence-corrected chi connectivity index (χ0v) is 34.4. The topological polar surface area (TPSA) is 45.2 Å². The highest BCUT2D eigenvalue weighted by atomic mass is 32.2. The maximum atomic E-state index is 5.45. The molecule has 1 aromatic heterocycles. The molecule has 0 amide bonds. The summed E-state index contributed by atoms with van der Waals surface area (Å²) in [6.45, 7) is 0. The van der Waals surface area contributed by atoms with Crippen LogP contribution in [0.25, 0.3) is 11.4 Å². The summed E-state index contributed by atoms with van der Waals surface area (Å²) in [7, 11) is -2.84. The summed E-state index contributed by atoms with van der Waals surface area (Å²) in [5, 5.41) is 5.18. The van der Waals surface area contributed by atoms with E-state index in [1.54, 1.807) is 23.5 Å². The van der Waals surface area contributed by atoms with Gasteiger partial charge in [-0.2, -0.15) is 15.0 Å². The lowest BCUT2D eigenvalue weighted by atomic mass is 10.2. The molecule has 9 aromatic rings. The molecule has 0 spiro atoms. The molecule has 2 aliphatic rings. The van der Waals surface area contributed by atoms with Gasteiger partial charge in [0.1, 0.15) is 0 Å². The summed E-state index contributed by atoms with van der Waals surface area (Å²) in [4.78, 5) is 25.3. The fourth-order valence-electron chi connectivity index (χ4n) is 8.48. The number of aromatic nitrogens is 3. The highest BCUT2D eigenvalue weighted by Gasteiger charge is 2.41. The van der Waals surface area contributed by atoms with Gasteiger partial charge < -0.3 is 0 Å². The number of fused-ring (bicyclic) bond motifs is 4. The van der Waals surface area contributed by atoms with Crippen LogP contribution in [-0.2, 0) is 0 Å². The van der Waals surface area contributed by atoms with Crippen molar-refractivity contribution in [2.24, 2.45) is 0 Å². The van der Waals surface area contributed by atoms with Gasteiger partial charge in [-0.15, -0.1) is 0 Å². The summed E-state index contributed by atoms with van der Waals surface area (Å²) in [6.07, 6.45) is 0. The number of nitrogens with zero attached hydrogens (tertiary/aromatic N) is 5. The predicted molar refractivity (Wildman–Crippen MR) is 246 cm³/mol. The van der Waals surface area contributed by atoms with Crippen molar-refractivity contribution in [3.63, 3.8) is 0 Å². The number of rotatable bonds is 7. The number of anilines is 6. The van der Waals surface area contributed by atoms with E-state index >= 15 is 0 Å². The molecule has 0 saturated heterocycles. The fourth-order valence-corrected chi connectivity index (χ4v) is 15.4. The smallest absolute Gasteiger partial charge is 0.240 e. The first-order valence-electron chi connectivity index (χ1n) is 19.6. The Labute approximate surface area is 353 Å². The van der Waals surface area contributed by atoms with Crippen LogP contribution in [0.5, 0.6) is 0 Å². The van der Waals surface area contributed by atoms with Crippen molar-refractivity contribution < 1.29 is 0 Å². The van der Waals surface area contributed by atoms with Crippen molar-refractivity contribution in [2.45, 2.75) is 19.6 Å². The molecule has 0 aliphatic carbocycles. The first-order chi connectivity index (χ1) is 29.3. The summed E-state index contributed by atoms with van der Waals surface area (Å²) in [5.74, 6) is 1.72. The molecule has 11 rings (SSSR count). The largest absolute Gasteiger partial charge is 0.277 e. The molecule has 0 radical (unpaired) electrons. The van der Waals surface area contributed by atoms with Crippen LogP contribution >= 0.6 is 23.5 Å². The van der Waals surface area contributed by atoms with E-state index in [1.807, 2.05) is 0 Å². The average molecular weight is 810 g/mol. The van der Waals surface area contributed by atoms with Crippen molar-refractivity contribution in [3.05, 3.63) is 212 Å². The summed E-state index contributed by atoms with van der Waals surface area (Å²) in [5.41, 5.74) is 5.06. The maximum absolute atomic E-state index is 5.45. The second-order valence-corrected chi connectivity index (χ2v) is 20.4. The van der Waals surface area contributed by atoms with Crippen LogP contribution in [0.4, 0.5) is 34.6 Å². The minimum absolute atomic E-state index is 0.557. The Balaban J connectivity index is 1.18. The molecule has 0 unspecified atom stereocenters. The normalized spacial score (nSPS) is 12.9. The van der Waals surface area contributed by atoms with Gasteiger partial charge in [0.05, 0.1) is 22.7 Å². The summed E-state index contributed by atoms with van der Waals surface area (Å²) >= 11 is 3.54. The first-order valence-corrected chi connectivity index (χ1v) is 23.2. The van der Waals surface area contributed by atoms with E-state index in [9.17, 15) is 0 Å². The first kappa shape index (κ1) is 35.4. The van der Waals surface area contributed by atoms with Gasteiger partial charge in [-0.25, -0.2) is 0 Å². The van der Waals surface area contributed by atoms with Crippen LogP contribution in [0.15, 0.2) is 232 Å². The molecule has 8 heteroatoms. The Hall–Kier alpha value is -6.71. The van der Waals surface area contributed by atoms with E-state index in [0.29, 0.717) is 17.7 Å². The quantitative estimate of drug-likeness (QED) is 0.117. The second-order valence-electron chi connectivity index (χ2n) is 14.4. The van der Waals surface area contributed by atoms with Gasteiger partial charge in [0.25, 0.3) is 0 Å². The van der Waals surface area contributed by atoms with Gasteiger partial charge in [0, 0.05) is 25.1 Å². The molecule has 280 valence electrons. The van der Waals surface area contributed by atoms with Crippen LogP contribution in [-0.4, -0.2) is 23.0 Å². The van der Waals surface area contributed by atoms with Gasteiger partial charge in [0.2, 0.25) is 11.9 Å². The second kappa shape index (κ2) is 14.9. The van der Waals surface area contributed by atoms with Crippen LogP contribution < -0.4 is 30.5 Å². The van der Waals surface area contributed by atoms with Crippen molar-refractivity contribution in [2.75, 3.05) is 9.80 Å². The molecular formula is C51H35N5S2Si. The number of benzene rings is 8. The third kappa shape index (κ3) is 6.07. The number of hydrogen-bond acceptors (Lipinski definition) is 7. The predicted octanol–water partition coefficient (Wildman–Crippen LogP) is 10.8. The molecule has 59 heavy (non-hydrogen) atoms. The minimum atomic E-state index is -2.84. The van der Waals surface area contributed by atoms with Crippen LogP contribution in [0, 0.1) is 0 Å². The van der Waals surface area contributed by atoms with E-state index in [2.05, 4.69) is 222 Å². The third-order valence-corrected chi connectivity index (χ3v) is 18.1. The van der Waals surface area contributed by atoms with Crippen molar-refractivity contribution in [3.8, 4) is 11.4 Å². The van der Waals surface area contributed by atoms with E-state index in [1.165, 1.54) is 20.7 Å². The van der Waals surface area contributed by atoms with Crippen molar-refractivity contribution in [1.82, 2.24) is 15.0 Å². The van der Waals surface area contributed by atoms with Crippen LogP contribution in [0.2, 0.25) is 0 Å². The monoisotopic (exact) mass is 809 g/mol. The standard InChI is InChI=1S/C51H35N5S2Si/c1-4-20-37(21-5-1)59(38-22-6-2-7-23-38,39-24-8-3-9-25-39)40-26-18-19-36(35-40)49-52-50(55-41-27-10-14-31-45(41)57-46-32-15-11-28-42(46)55)54-51(53-49)56-43-29-12-16-33-47(43)58-48-34-17-13-30-44(48)56/h1-35H. The maximum Gasteiger partial charge on any atom is 0.240 e. The van der Waals surface area contributed by atoms with E-state index in [-0.39, 0.29) is 0 Å². The van der Waals surface area contributed by atoms with E-state index in [0.717, 1.165) is 47.9 Å². The third-order valence-electron chi connectivity index (χ3n) is 11.1. The highest BCUT2D eigenvalue weighted by molar-refractivity contribution is 8.00. The molecule has 3 heterocycles. The Morgan fingerprint density at radius 2 is 0.661 bits per heavy atom. The molecule has 0 N–H and O–H groups in total. The van der Waals surface area contributed by atoms with Crippen molar-refractivity contribution >= 4 is 87.0 Å². The Morgan fingerprint density at radius 3 is 1.05 bits per heavy atom. The Morgan fingerprint density at radius 1 is 0.322 bits per heavy atom. The average Bonchev–Trinajstić information content (AvgIpc) is 3.31. The number of para-hydroxylation sites is 4. The van der Waals surface area contributed by atoms with Gasteiger partial charge in [0.15, 0.2) is 13.9 Å². The van der Waals surface area contributed by atoms with Gasteiger partial charge in [-0.05, 0) is 69.3 Å². The SMILES string of the molecule is c1ccc([Si](c2ccccc2)(c2ccccc2)c2cccc(-c3nc(N4c5ccccc5Sc5ccccc54)nc(N4c5ccccc5Sc5ccccc54)n3)c2)cc1. The fraction of sp³-hybridized carbons (Fsp3) is 0. The lowest BCUT2D eigenvalue weighted by Gasteiger charge is -2.35. The molecule has 0 atom stereocenters. The van der Waals surface area contributed by atoms with Gasteiger partial charge in [-0.1, -0.05) is 187 Å². The minimum Gasteiger partial charge on any atom is -0.277 e. The molecule has 5 nitrogen and oxygen atoms in total. The van der Waals surface area contributed by atoms with Gasteiger partial charge >= 0.3 is 0 Å². The lowest BCUT2D eigenvalue weighted by Crippen LogP contribution is -2.74. The van der Waals surface area contributed by atoms with E-state index in [4.69, 9.17) is 15.0 Å². The molecular weight excluding hydrogens is 775 g/mol. The van der Waals surface area contributed by atoms with E-state index < -0.39 is 8.07 Å². The Bertz CT molecular complexity index is 2680. The zero-order chi connectivity index (χ0) is 39.2. The summed E-state index contributed by atoms with van der Waals surface area (Å²) < 4.78 is 0. The lowest BCUT2D eigenvalue weighted by molar-refractivity contribution is 0.965.